The van der Waals surface area contributed by atoms with Crippen molar-refractivity contribution in [3.63, 3.8) is 0 Å². The van der Waals surface area contributed by atoms with Gasteiger partial charge in [-0.2, -0.15) is 0 Å². The van der Waals surface area contributed by atoms with Gasteiger partial charge in [0, 0.05) is 44.4 Å². The molecule has 0 atom stereocenters. The summed E-state index contributed by atoms with van der Waals surface area (Å²) in [5.74, 6) is 0.916. The van der Waals surface area contributed by atoms with E-state index in [1.807, 2.05) is 30.0 Å². The number of amides is 1. The fourth-order valence-electron chi connectivity index (χ4n) is 2.28. The van der Waals surface area contributed by atoms with Crippen molar-refractivity contribution >= 4 is 23.2 Å². The van der Waals surface area contributed by atoms with Crippen LogP contribution in [0.2, 0.25) is 5.02 Å². The number of hydrogen-bond donors (Lipinski definition) is 0. The van der Waals surface area contributed by atoms with Crippen molar-refractivity contribution in [2.24, 2.45) is 0 Å². The summed E-state index contributed by atoms with van der Waals surface area (Å²) in [4.78, 5) is 15.8. The minimum Gasteiger partial charge on any atom is -0.495 e. The van der Waals surface area contributed by atoms with E-state index in [0.717, 1.165) is 31.9 Å². The van der Waals surface area contributed by atoms with E-state index in [1.54, 1.807) is 7.11 Å². The second-order valence-corrected chi connectivity index (χ2v) is 4.95. The Morgan fingerprint density at radius 1 is 1.32 bits per heavy atom. The van der Waals surface area contributed by atoms with Crippen molar-refractivity contribution in [1.82, 2.24) is 4.90 Å². The number of hydrogen-bond acceptors (Lipinski definition) is 3. The van der Waals surface area contributed by atoms with Gasteiger partial charge in [0.15, 0.2) is 0 Å². The maximum Gasteiger partial charge on any atom is 0.222 e. The van der Waals surface area contributed by atoms with E-state index >= 15 is 0 Å². The van der Waals surface area contributed by atoms with Crippen LogP contribution in [0.15, 0.2) is 18.2 Å². The minimum atomic E-state index is 0.230. The molecule has 0 unspecified atom stereocenters. The van der Waals surface area contributed by atoms with E-state index in [-0.39, 0.29) is 5.91 Å². The molecule has 2 rings (SSSR count). The molecule has 1 heterocycles. The largest absolute Gasteiger partial charge is 0.495 e. The summed E-state index contributed by atoms with van der Waals surface area (Å²) in [6, 6.07) is 5.78. The van der Waals surface area contributed by atoms with Gasteiger partial charge in [0.1, 0.15) is 5.75 Å². The van der Waals surface area contributed by atoms with Crippen LogP contribution in [0.3, 0.4) is 0 Å². The zero-order valence-corrected chi connectivity index (χ0v) is 12.1. The number of benzene rings is 1. The van der Waals surface area contributed by atoms with Crippen LogP contribution >= 0.6 is 11.6 Å². The maximum absolute atomic E-state index is 11.6. The van der Waals surface area contributed by atoms with E-state index in [1.165, 1.54) is 0 Å². The van der Waals surface area contributed by atoms with Crippen LogP contribution in [0, 0.1) is 0 Å². The molecular weight excluding hydrogens is 264 g/mol. The zero-order valence-electron chi connectivity index (χ0n) is 11.4. The standard InChI is InChI=1S/C14H19ClN2O2/c1-3-14(18)17-8-6-16(7-9-17)11-4-5-12(15)13(10-11)19-2/h4-5,10H,3,6-9H2,1-2H3. The van der Waals surface area contributed by atoms with E-state index in [4.69, 9.17) is 16.3 Å². The second-order valence-electron chi connectivity index (χ2n) is 4.54. The van der Waals surface area contributed by atoms with Crippen molar-refractivity contribution in [1.29, 1.82) is 0 Å². The van der Waals surface area contributed by atoms with E-state index < -0.39 is 0 Å². The Morgan fingerprint density at radius 3 is 2.58 bits per heavy atom. The quantitative estimate of drug-likeness (QED) is 0.853. The monoisotopic (exact) mass is 282 g/mol. The number of carbonyl (C=O) groups excluding carboxylic acids is 1. The predicted octanol–water partition coefficient (Wildman–Crippen LogP) is 2.41. The highest BCUT2D eigenvalue weighted by Crippen LogP contribution is 2.29. The summed E-state index contributed by atoms with van der Waals surface area (Å²) in [7, 11) is 1.61. The van der Waals surface area contributed by atoms with Crippen molar-refractivity contribution < 1.29 is 9.53 Å². The first-order chi connectivity index (χ1) is 9.15. The third-order valence-corrected chi connectivity index (χ3v) is 3.75. The van der Waals surface area contributed by atoms with Crippen LogP contribution in [0.5, 0.6) is 5.75 Å². The molecule has 1 fully saturated rings. The molecule has 0 radical (unpaired) electrons. The lowest BCUT2D eigenvalue weighted by Gasteiger charge is -2.36. The Morgan fingerprint density at radius 2 is 2.00 bits per heavy atom. The Kier molecular flexibility index (Phi) is 4.53. The number of ether oxygens (including phenoxy) is 1. The smallest absolute Gasteiger partial charge is 0.222 e. The maximum atomic E-state index is 11.6. The van der Waals surface area contributed by atoms with Gasteiger partial charge in [-0.25, -0.2) is 0 Å². The first-order valence-corrected chi connectivity index (χ1v) is 6.89. The second kappa shape index (κ2) is 6.15. The van der Waals surface area contributed by atoms with E-state index in [9.17, 15) is 4.79 Å². The lowest BCUT2D eigenvalue weighted by atomic mass is 10.2. The summed E-state index contributed by atoms with van der Waals surface area (Å²) >= 11 is 6.02. The average molecular weight is 283 g/mol. The molecule has 0 aromatic heterocycles. The normalized spacial score (nSPS) is 15.5. The molecule has 0 spiro atoms. The summed E-state index contributed by atoms with van der Waals surface area (Å²) in [6.07, 6.45) is 0.578. The SMILES string of the molecule is CCC(=O)N1CCN(c2ccc(Cl)c(OC)c2)CC1. The fourth-order valence-corrected chi connectivity index (χ4v) is 2.48. The van der Waals surface area contributed by atoms with Gasteiger partial charge < -0.3 is 14.5 Å². The number of piperazine rings is 1. The third-order valence-electron chi connectivity index (χ3n) is 3.43. The summed E-state index contributed by atoms with van der Waals surface area (Å²) in [6.45, 7) is 5.14. The molecule has 19 heavy (non-hydrogen) atoms. The zero-order chi connectivity index (χ0) is 13.8. The van der Waals surface area contributed by atoms with Crippen molar-refractivity contribution in [3.8, 4) is 5.75 Å². The number of methoxy groups -OCH3 is 1. The van der Waals surface area contributed by atoms with Crippen molar-refractivity contribution in [3.05, 3.63) is 23.2 Å². The van der Waals surface area contributed by atoms with Crippen LogP contribution in [0.25, 0.3) is 0 Å². The first-order valence-electron chi connectivity index (χ1n) is 6.52. The fraction of sp³-hybridized carbons (Fsp3) is 0.500. The number of nitrogens with zero attached hydrogens (tertiary/aromatic N) is 2. The number of rotatable bonds is 3. The number of carbonyl (C=O) groups is 1. The first kappa shape index (κ1) is 14.0. The van der Waals surface area contributed by atoms with E-state index in [2.05, 4.69) is 4.90 Å². The molecule has 104 valence electrons. The summed E-state index contributed by atoms with van der Waals surface area (Å²) in [5, 5.41) is 0.617. The van der Waals surface area contributed by atoms with Gasteiger partial charge in [0.2, 0.25) is 5.91 Å². The predicted molar refractivity (Wildman–Crippen MR) is 77.1 cm³/mol. The van der Waals surface area contributed by atoms with Gasteiger partial charge in [0.25, 0.3) is 0 Å². The molecule has 0 aliphatic carbocycles. The molecular formula is C14H19ClN2O2. The highest BCUT2D eigenvalue weighted by molar-refractivity contribution is 6.32. The summed E-state index contributed by atoms with van der Waals surface area (Å²) < 4.78 is 5.23. The van der Waals surface area contributed by atoms with Gasteiger partial charge in [0.05, 0.1) is 12.1 Å². The average Bonchev–Trinajstić information content (AvgIpc) is 2.47. The van der Waals surface area contributed by atoms with Crippen molar-refractivity contribution in [2.45, 2.75) is 13.3 Å². The highest BCUT2D eigenvalue weighted by Gasteiger charge is 2.20. The lowest BCUT2D eigenvalue weighted by molar-refractivity contribution is -0.131. The molecule has 0 bridgehead atoms. The minimum absolute atomic E-state index is 0.230. The van der Waals surface area contributed by atoms with Crippen LogP contribution in [-0.2, 0) is 4.79 Å². The van der Waals surface area contributed by atoms with Gasteiger partial charge in [-0.1, -0.05) is 18.5 Å². The molecule has 0 saturated carbocycles. The molecule has 1 aliphatic rings. The molecule has 1 amide bonds. The Bertz CT molecular complexity index is 457. The lowest BCUT2D eigenvalue weighted by Crippen LogP contribution is -2.48. The molecule has 4 nitrogen and oxygen atoms in total. The molecule has 5 heteroatoms. The third kappa shape index (κ3) is 3.13. The van der Waals surface area contributed by atoms with Gasteiger partial charge in [-0.05, 0) is 12.1 Å². The Balaban J connectivity index is 2.03. The van der Waals surface area contributed by atoms with Crippen LogP contribution < -0.4 is 9.64 Å². The summed E-state index contributed by atoms with van der Waals surface area (Å²) in [5.41, 5.74) is 1.09. The Hall–Kier alpha value is -1.42. The molecule has 1 saturated heterocycles. The molecule has 1 aromatic rings. The van der Waals surface area contributed by atoms with Crippen molar-refractivity contribution in [2.75, 3.05) is 38.2 Å². The molecule has 0 N–H and O–H groups in total. The van der Waals surface area contributed by atoms with Gasteiger partial charge in [-0.3, -0.25) is 4.79 Å². The topological polar surface area (TPSA) is 32.8 Å². The van der Waals surface area contributed by atoms with Gasteiger partial charge in [-0.15, -0.1) is 0 Å². The molecule has 1 aliphatic heterocycles. The van der Waals surface area contributed by atoms with Crippen LogP contribution in [0.4, 0.5) is 5.69 Å². The van der Waals surface area contributed by atoms with Gasteiger partial charge >= 0.3 is 0 Å². The van der Waals surface area contributed by atoms with Crippen LogP contribution in [0.1, 0.15) is 13.3 Å². The molecule has 1 aromatic carbocycles. The number of anilines is 1. The Labute approximate surface area is 118 Å². The highest BCUT2D eigenvalue weighted by atomic mass is 35.5. The van der Waals surface area contributed by atoms with Crippen LogP contribution in [-0.4, -0.2) is 44.1 Å². The number of halogens is 1. The van der Waals surface area contributed by atoms with E-state index in [0.29, 0.717) is 17.2 Å².